The summed E-state index contributed by atoms with van der Waals surface area (Å²) in [4.78, 5) is 17.3. The van der Waals surface area contributed by atoms with Gasteiger partial charge in [-0.2, -0.15) is 20.3 Å². The average Bonchev–Trinajstić information content (AvgIpc) is 3.27. The van der Waals surface area contributed by atoms with Crippen LogP contribution in [0.3, 0.4) is 0 Å². The van der Waals surface area contributed by atoms with Gasteiger partial charge in [-0.25, -0.2) is 4.98 Å². The number of nitrogens with zero attached hydrogens (tertiary/aromatic N) is 5. The maximum atomic E-state index is 12.8. The summed E-state index contributed by atoms with van der Waals surface area (Å²) in [6.07, 6.45) is 0. The maximum absolute atomic E-state index is 12.8. The van der Waals surface area contributed by atoms with Crippen LogP contribution in [0.1, 0.15) is 12.5 Å². The van der Waals surface area contributed by atoms with Crippen molar-refractivity contribution in [1.29, 1.82) is 0 Å². The van der Waals surface area contributed by atoms with Crippen LogP contribution in [0.25, 0.3) is 11.3 Å². The number of amides is 1. The number of rotatable bonds is 4. The van der Waals surface area contributed by atoms with Crippen LogP contribution in [0, 0.1) is 6.92 Å². The first kappa shape index (κ1) is 17.2. The predicted octanol–water partition coefficient (Wildman–Crippen LogP) is 4.99. The lowest BCUT2D eigenvalue weighted by Crippen LogP contribution is -2.29. The van der Waals surface area contributed by atoms with E-state index in [0.717, 1.165) is 16.8 Å². The Morgan fingerprint density at radius 3 is 2.52 bits per heavy atom. The van der Waals surface area contributed by atoms with Gasteiger partial charge in [0.15, 0.2) is 6.04 Å². The average molecular weight is 375 g/mol. The summed E-state index contributed by atoms with van der Waals surface area (Å²) < 4.78 is 0. The Morgan fingerprint density at radius 2 is 1.78 bits per heavy atom. The second-order valence-corrected chi connectivity index (χ2v) is 7.06. The molecule has 0 aliphatic carbocycles. The van der Waals surface area contributed by atoms with Crippen molar-refractivity contribution in [3.05, 3.63) is 65.5 Å². The van der Waals surface area contributed by atoms with Crippen LogP contribution >= 0.6 is 11.3 Å². The zero-order chi connectivity index (χ0) is 18.8. The molecular formula is C20H17N5OS. The molecule has 1 atom stereocenters. The van der Waals surface area contributed by atoms with Gasteiger partial charge in [0.25, 0.3) is 5.91 Å². The van der Waals surface area contributed by atoms with E-state index < -0.39 is 6.04 Å². The van der Waals surface area contributed by atoms with E-state index in [1.807, 2.05) is 66.9 Å². The fourth-order valence-corrected chi connectivity index (χ4v) is 3.45. The first-order valence-corrected chi connectivity index (χ1v) is 9.37. The fourth-order valence-electron chi connectivity index (χ4n) is 2.67. The Morgan fingerprint density at radius 1 is 1.04 bits per heavy atom. The minimum atomic E-state index is -0.713. The zero-order valence-corrected chi connectivity index (χ0v) is 15.7. The molecule has 1 amide bonds. The Kier molecular flexibility index (Phi) is 4.60. The largest absolute Gasteiger partial charge is 0.282 e. The summed E-state index contributed by atoms with van der Waals surface area (Å²) >= 11 is 1.38. The van der Waals surface area contributed by atoms with Gasteiger partial charge >= 0.3 is 0 Å². The number of carbonyl (C=O) groups is 1. The van der Waals surface area contributed by atoms with Crippen LogP contribution in [0.2, 0.25) is 0 Å². The van der Waals surface area contributed by atoms with Crippen LogP contribution in [-0.2, 0) is 4.79 Å². The first-order valence-electron chi connectivity index (χ1n) is 8.49. The van der Waals surface area contributed by atoms with Gasteiger partial charge in [-0.1, -0.05) is 48.0 Å². The van der Waals surface area contributed by atoms with Gasteiger partial charge in [0, 0.05) is 10.9 Å². The molecule has 0 spiro atoms. The second kappa shape index (κ2) is 7.20. The molecule has 7 heteroatoms. The standard InChI is InChI=1S/C20H17N5OS/c1-13-8-10-16(11-9-13)22-23-18-14(2)24-25(19(18)26)20-21-17(12-27-20)15-6-4-3-5-7-15/h3-12,18H,1-2H3/t18-/m1/s1. The minimum Gasteiger partial charge on any atom is -0.269 e. The number of anilines is 1. The Bertz CT molecular complexity index is 1020. The normalized spacial score (nSPS) is 17.0. The molecule has 0 saturated heterocycles. The van der Waals surface area contributed by atoms with Gasteiger partial charge < -0.3 is 0 Å². The molecule has 0 unspecified atom stereocenters. The van der Waals surface area contributed by atoms with E-state index in [9.17, 15) is 4.79 Å². The maximum Gasteiger partial charge on any atom is 0.282 e. The number of aromatic nitrogens is 1. The van der Waals surface area contributed by atoms with E-state index in [1.165, 1.54) is 16.3 Å². The number of thiazole rings is 1. The molecule has 6 nitrogen and oxygen atoms in total. The van der Waals surface area contributed by atoms with Crippen LogP contribution in [0.4, 0.5) is 10.8 Å². The molecule has 134 valence electrons. The molecule has 0 fully saturated rings. The van der Waals surface area contributed by atoms with Gasteiger partial charge in [0.1, 0.15) is 0 Å². The molecule has 4 rings (SSSR count). The molecule has 27 heavy (non-hydrogen) atoms. The lowest BCUT2D eigenvalue weighted by molar-refractivity contribution is -0.117. The molecule has 1 aliphatic heterocycles. The van der Waals surface area contributed by atoms with Crippen molar-refractivity contribution >= 4 is 33.8 Å². The molecule has 0 saturated carbocycles. The minimum absolute atomic E-state index is 0.239. The molecule has 2 heterocycles. The van der Waals surface area contributed by atoms with Crippen LogP contribution in [-0.4, -0.2) is 22.6 Å². The molecule has 0 N–H and O–H groups in total. The lowest BCUT2D eigenvalue weighted by Gasteiger charge is -2.08. The third kappa shape index (κ3) is 3.54. The number of hydrazone groups is 1. The van der Waals surface area contributed by atoms with Gasteiger partial charge in [-0.3, -0.25) is 4.79 Å². The number of azo groups is 1. The number of hydrogen-bond donors (Lipinski definition) is 0. The highest BCUT2D eigenvalue weighted by Crippen LogP contribution is 2.30. The van der Waals surface area contributed by atoms with Crippen molar-refractivity contribution in [1.82, 2.24) is 4.98 Å². The molecule has 2 aromatic carbocycles. The number of hydrogen-bond acceptors (Lipinski definition) is 6. The Labute approximate surface area is 160 Å². The number of aryl methyl sites for hydroxylation is 1. The first-order chi connectivity index (χ1) is 13.1. The van der Waals surface area contributed by atoms with Gasteiger partial charge in [-0.15, -0.1) is 11.3 Å². The summed E-state index contributed by atoms with van der Waals surface area (Å²) in [7, 11) is 0. The third-order valence-corrected chi connectivity index (χ3v) is 4.98. The van der Waals surface area contributed by atoms with E-state index in [-0.39, 0.29) is 5.91 Å². The lowest BCUT2D eigenvalue weighted by atomic mass is 10.2. The Balaban J connectivity index is 1.54. The quantitative estimate of drug-likeness (QED) is 0.603. The highest BCUT2D eigenvalue weighted by molar-refractivity contribution is 7.14. The van der Waals surface area contributed by atoms with Gasteiger partial charge in [0.2, 0.25) is 5.13 Å². The summed E-state index contributed by atoms with van der Waals surface area (Å²) in [6.45, 7) is 3.79. The van der Waals surface area contributed by atoms with E-state index in [2.05, 4.69) is 20.3 Å². The molecule has 0 radical (unpaired) electrons. The van der Waals surface area contributed by atoms with E-state index in [4.69, 9.17) is 0 Å². The highest BCUT2D eigenvalue weighted by atomic mass is 32.1. The molecule has 0 bridgehead atoms. The van der Waals surface area contributed by atoms with Crippen molar-refractivity contribution in [3.8, 4) is 11.3 Å². The molecule has 3 aromatic rings. The van der Waals surface area contributed by atoms with Gasteiger partial charge in [-0.05, 0) is 26.0 Å². The second-order valence-electron chi connectivity index (χ2n) is 6.23. The molecule has 1 aliphatic rings. The number of carbonyl (C=O) groups excluding carboxylic acids is 1. The van der Waals surface area contributed by atoms with Crippen molar-refractivity contribution in [2.45, 2.75) is 19.9 Å². The van der Waals surface area contributed by atoms with Gasteiger partial charge in [0.05, 0.1) is 17.1 Å². The zero-order valence-electron chi connectivity index (χ0n) is 14.9. The monoisotopic (exact) mass is 375 g/mol. The summed E-state index contributed by atoms with van der Waals surface area (Å²) in [5.41, 5.74) is 4.28. The summed E-state index contributed by atoms with van der Waals surface area (Å²) in [5, 5.41) is 16.5. The molecular weight excluding hydrogens is 358 g/mol. The third-order valence-electron chi connectivity index (χ3n) is 4.16. The summed E-state index contributed by atoms with van der Waals surface area (Å²) in [5.74, 6) is -0.239. The Hall–Kier alpha value is -3.19. The highest BCUT2D eigenvalue weighted by Gasteiger charge is 2.36. The fraction of sp³-hybridized carbons (Fsp3) is 0.150. The van der Waals surface area contributed by atoms with E-state index in [1.54, 1.807) is 6.92 Å². The van der Waals surface area contributed by atoms with Crippen LogP contribution < -0.4 is 5.01 Å². The van der Waals surface area contributed by atoms with E-state index >= 15 is 0 Å². The summed E-state index contributed by atoms with van der Waals surface area (Å²) in [6, 6.07) is 16.8. The van der Waals surface area contributed by atoms with Crippen molar-refractivity contribution in [2.24, 2.45) is 15.3 Å². The SMILES string of the molecule is CC1=NN(c2nc(-c3ccccc3)cs2)C(=O)[C@@H]1N=Nc1ccc(C)cc1. The van der Waals surface area contributed by atoms with Crippen molar-refractivity contribution in [2.75, 3.05) is 5.01 Å². The van der Waals surface area contributed by atoms with Crippen molar-refractivity contribution in [3.63, 3.8) is 0 Å². The predicted molar refractivity (Wildman–Crippen MR) is 108 cm³/mol. The molecule has 1 aromatic heterocycles. The van der Waals surface area contributed by atoms with Crippen LogP contribution in [0.15, 0.2) is 75.3 Å². The van der Waals surface area contributed by atoms with Crippen LogP contribution in [0.5, 0.6) is 0 Å². The number of benzene rings is 2. The van der Waals surface area contributed by atoms with E-state index in [0.29, 0.717) is 16.5 Å². The topological polar surface area (TPSA) is 70.3 Å². The van der Waals surface area contributed by atoms with Crippen molar-refractivity contribution < 1.29 is 4.79 Å². The smallest absolute Gasteiger partial charge is 0.269 e.